The number of fused-ring (bicyclic) bond motifs is 2. The molecule has 6 nitrogen and oxygen atoms in total. The number of hydrogen-bond donors (Lipinski definition) is 0. The Labute approximate surface area is 157 Å². The second kappa shape index (κ2) is 5.72. The van der Waals surface area contributed by atoms with Crippen molar-refractivity contribution in [3.63, 3.8) is 0 Å². The van der Waals surface area contributed by atoms with Crippen molar-refractivity contribution in [3.05, 3.63) is 35.6 Å². The molecule has 0 atom stereocenters. The zero-order valence-electron chi connectivity index (χ0n) is 14.3. The van der Waals surface area contributed by atoms with Crippen LogP contribution in [0.5, 0.6) is 0 Å². The molecule has 1 amide bonds. The Hall–Kier alpha value is -2.58. The van der Waals surface area contributed by atoms with Crippen molar-refractivity contribution < 1.29 is 4.79 Å². The predicted octanol–water partition coefficient (Wildman–Crippen LogP) is 3.96. The average molecular weight is 381 g/mol. The molecule has 26 heavy (non-hydrogen) atoms. The van der Waals surface area contributed by atoms with E-state index in [4.69, 9.17) is 4.98 Å². The molecule has 0 aliphatic carbocycles. The van der Waals surface area contributed by atoms with Gasteiger partial charge >= 0.3 is 0 Å². The summed E-state index contributed by atoms with van der Waals surface area (Å²) in [4.78, 5) is 28.6. The van der Waals surface area contributed by atoms with E-state index in [1.807, 2.05) is 30.8 Å². The number of pyridine rings is 1. The molecule has 0 saturated heterocycles. The lowest BCUT2D eigenvalue weighted by molar-refractivity contribution is -0.116. The quantitative estimate of drug-likeness (QED) is 0.527. The fourth-order valence-corrected chi connectivity index (χ4v) is 5.19. The van der Waals surface area contributed by atoms with Crippen LogP contribution in [0, 0.1) is 6.92 Å². The maximum absolute atomic E-state index is 12.0. The Morgan fingerprint density at radius 3 is 2.88 bits per heavy atom. The summed E-state index contributed by atoms with van der Waals surface area (Å²) in [6, 6.07) is 4.18. The highest BCUT2D eigenvalue weighted by molar-refractivity contribution is 7.22. The average Bonchev–Trinajstić information content (AvgIpc) is 3.35. The maximum Gasteiger partial charge on any atom is 0.226 e. The molecular formula is C18H15N5OS2. The van der Waals surface area contributed by atoms with Gasteiger partial charge in [-0.05, 0) is 19.1 Å². The molecule has 1 aliphatic heterocycles. The first-order chi connectivity index (χ1) is 12.6. The van der Waals surface area contributed by atoms with Gasteiger partial charge in [-0.25, -0.2) is 9.97 Å². The number of amides is 1. The molecule has 0 spiro atoms. The summed E-state index contributed by atoms with van der Waals surface area (Å²) in [5, 5.41) is 4.03. The topological polar surface area (TPSA) is 63.9 Å². The summed E-state index contributed by atoms with van der Waals surface area (Å²) < 4.78 is 3.33. The van der Waals surface area contributed by atoms with Crippen molar-refractivity contribution >= 4 is 44.6 Å². The number of thiophene rings is 1. The van der Waals surface area contributed by atoms with E-state index in [-0.39, 0.29) is 5.91 Å². The first kappa shape index (κ1) is 15.7. The summed E-state index contributed by atoms with van der Waals surface area (Å²) in [5.74, 6) is 0.730. The van der Waals surface area contributed by atoms with Crippen LogP contribution in [-0.2, 0) is 11.3 Å². The molecule has 8 heteroatoms. The minimum absolute atomic E-state index is 0.0164. The molecule has 0 radical (unpaired) electrons. The van der Waals surface area contributed by atoms with Crippen LogP contribution in [0.1, 0.15) is 12.6 Å². The highest BCUT2D eigenvalue weighted by Gasteiger charge is 2.31. The number of thiazole rings is 1. The van der Waals surface area contributed by atoms with Crippen molar-refractivity contribution in [2.24, 2.45) is 0 Å². The van der Waals surface area contributed by atoms with E-state index in [9.17, 15) is 4.79 Å². The normalized spacial score (nSPS) is 13.5. The van der Waals surface area contributed by atoms with Gasteiger partial charge in [0, 0.05) is 53.6 Å². The Bertz CT molecular complexity index is 1120. The zero-order valence-corrected chi connectivity index (χ0v) is 15.9. The molecule has 0 aromatic carbocycles. The monoisotopic (exact) mass is 381 g/mol. The number of nitrogens with zero attached hydrogens (tertiary/aromatic N) is 5. The summed E-state index contributed by atoms with van der Waals surface area (Å²) in [6.45, 7) is 4.97. The number of rotatable bonds is 2. The molecule has 5 rings (SSSR count). The largest absolute Gasteiger partial charge is 0.307 e. The Balaban J connectivity index is 1.77. The number of hydrogen-bond acceptors (Lipinski definition) is 6. The van der Waals surface area contributed by atoms with Crippen molar-refractivity contribution in [1.82, 2.24) is 19.5 Å². The molecule has 4 aromatic heterocycles. The van der Waals surface area contributed by atoms with Crippen molar-refractivity contribution in [1.29, 1.82) is 0 Å². The Morgan fingerprint density at radius 2 is 2.15 bits per heavy atom. The molecular weight excluding hydrogens is 366 g/mol. The second-order valence-corrected chi connectivity index (χ2v) is 8.19. The Morgan fingerprint density at radius 1 is 1.27 bits per heavy atom. The van der Waals surface area contributed by atoms with E-state index in [2.05, 4.69) is 20.6 Å². The van der Waals surface area contributed by atoms with Gasteiger partial charge in [-0.3, -0.25) is 14.7 Å². The highest BCUT2D eigenvalue weighted by Crippen LogP contribution is 2.43. The summed E-state index contributed by atoms with van der Waals surface area (Å²) in [5.41, 5.74) is 2.87. The summed E-state index contributed by atoms with van der Waals surface area (Å²) in [7, 11) is 0. The van der Waals surface area contributed by atoms with Gasteiger partial charge in [0.05, 0.1) is 10.6 Å². The molecule has 0 N–H and O–H groups in total. The smallest absolute Gasteiger partial charge is 0.226 e. The van der Waals surface area contributed by atoms with Crippen LogP contribution in [0.3, 0.4) is 0 Å². The first-order valence-corrected chi connectivity index (χ1v) is 9.96. The number of anilines is 1. The lowest BCUT2D eigenvalue weighted by atomic mass is 10.2. The Kier molecular flexibility index (Phi) is 3.44. The summed E-state index contributed by atoms with van der Waals surface area (Å²) >= 11 is 3.31. The molecule has 0 bridgehead atoms. The van der Waals surface area contributed by atoms with E-state index in [0.717, 1.165) is 38.9 Å². The zero-order chi connectivity index (χ0) is 17.8. The van der Waals surface area contributed by atoms with Crippen LogP contribution < -0.4 is 4.90 Å². The molecule has 0 fully saturated rings. The van der Waals surface area contributed by atoms with E-state index in [0.29, 0.717) is 12.5 Å². The number of imidazole rings is 1. The third kappa shape index (κ3) is 2.29. The van der Waals surface area contributed by atoms with Crippen LogP contribution in [0.4, 0.5) is 5.95 Å². The minimum Gasteiger partial charge on any atom is -0.307 e. The minimum atomic E-state index is 0.0164. The molecule has 5 heterocycles. The molecule has 0 saturated carbocycles. The third-order valence-corrected chi connectivity index (χ3v) is 6.58. The van der Waals surface area contributed by atoms with Gasteiger partial charge in [-0.1, -0.05) is 0 Å². The van der Waals surface area contributed by atoms with Crippen molar-refractivity contribution in [2.75, 3.05) is 11.4 Å². The van der Waals surface area contributed by atoms with Crippen LogP contribution in [-0.4, -0.2) is 32.0 Å². The van der Waals surface area contributed by atoms with Gasteiger partial charge in [0.1, 0.15) is 10.7 Å². The number of aromatic nitrogens is 4. The molecule has 0 unspecified atom stereocenters. The van der Waals surface area contributed by atoms with Crippen molar-refractivity contribution in [2.45, 2.75) is 20.4 Å². The molecule has 1 aliphatic rings. The third-order valence-electron chi connectivity index (χ3n) is 4.49. The lowest BCUT2D eigenvalue weighted by Crippen LogP contribution is -2.26. The van der Waals surface area contributed by atoms with E-state index in [1.54, 1.807) is 34.5 Å². The van der Waals surface area contributed by atoms with Gasteiger partial charge in [-0.15, -0.1) is 22.7 Å². The van der Waals surface area contributed by atoms with Crippen LogP contribution >= 0.6 is 22.7 Å². The number of carbonyl (C=O) groups excluding carboxylic acids is 1. The first-order valence-electron chi connectivity index (χ1n) is 8.27. The van der Waals surface area contributed by atoms with Gasteiger partial charge in [0.25, 0.3) is 0 Å². The number of carbonyl (C=O) groups is 1. The second-order valence-electron chi connectivity index (χ2n) is 6.25. The maximum atomic E-state index is 12.0. The molecule has 4 aromatic rings. The number of aryl methyl sites for hydroxylation is 1. The highest BCUT2D eigenvalue weighted by atomic mass is 32.1. The predicted molar refractivity (Wildman–Crippen MR) is 105 cm³/mol. The van der Waals surface area contributed by atoms with E-state index >= 15 is 0 Å². The lowest BCUT2D eigenvalue weighted by Gasteiger charge is -2.09. The van der Waals surface area contributed by atoms with Gasteiger partial charge in [0.15, 0.2) is 0 Å². The molecule has 130 valence electrons. The summed E-state index contributed by atoms with van der Waals surface area (Å²) in [6.07, 6.45) is 3.69. The van der Waals surface area contributed by atoms with Gasteiger partial charge in [0.2, 0.25) is 11.9 Å². The fraction of sp³-hybridized carbons (Fsp3) is 0.222. The SMILES string of the molecule is CC(=O)N1CCn2c1nc(-c1nc(C)cs1)c2-c1cc2cnccc2s1. The van der Waals surface area contributed by atoms with Crippen molar-refractivity contribution in [3.8, 4) is 21.3 Å². The van der Waals surface area contributed by atoms with Crippen LogP contribution in [0.2, 0.25) is 0 Å². The van der Waals surface area contributed by atoms with Crippen LogP contribution in [0.15, 0.2) is 29.9 Å². The fourth-order valence-electron chi connectivity index (χ4n) is 3.32. The van der Waals surface area contributed by atoms with E-state index < -0.39 is 0 Å². The van der Waals surface area contributed by atoms with Gasteiger partial charge < -0.3 is 4.57 Å². The standard InChI is InChI=1S/C18H15N5OS2/c1-10-9-25-17(20-10)15-16(14-7-12-8-19-4-3-13(12)26-14)23-6-5-22(11(2)24)18(23)21-15/h3-4,7-9H,5-6H2,1-2H3. The van der Waals surface area contributed by atoms with Crippen LogP contribution in [0.25, 0.3) is 31.4 Å². The van der Waals surface area contributed by atoms with Gasteiger partial charge in [-0.2, -0.15) is 0 Å². The van der Waals surface area contributed by atoms with E-state index in [1.165, 1.54) is 4.70 Å².